The second-order valence-corrected chi connectivity index (χ2v) is 6.13. The van der Waals surface area contributed by atoms with Crippen molar-refractivity contribution in [3.8, 4) is 11.5 Å². The molecule has 0 bridgehead atoms. The average molecular weight is 362 g/mol. The summed E-state index contributed by atoms with van der Waals surface area (Å²) in [6.07, 6.45) is 0. The molecule has 0 spiro atoms. The predicted octanol–water partition coefficient (Wildman–Crippen LogP) is 4.21. The smallest absolute Gasteiger partial charge is 0.339 e. The van der Waals surface area contributed by atoms with Crippen LogP contribution in [0.1, 0.15) is 37.4 Å². The molecule has 0 atom stereocenters. The van der Waals surface area contributed by atoms with Crippen molar-refractivity contribution in [2.75, 3.05) is 0 Å². The summed E-state index contributed by atoms with van der Waals surface area (Å²) in [6.45, 7) is 1.76. The van der Waals surface area contributed by atoms with Crippen molar-refractivity contribution in [3.05, 3.63) is 94.5 Å². The lowest BCUT2D eigenvalue weighted by atomic mass is 10.0. The van der Waals surface area contributed by atoms with Crippen molar-refractivity contribution in [1.29, 1.82) is 0 Å². The van der Waals surface area contributed by atoms with E-state index in [9.17, 15) is 14.7 Å². The van der Waals surface area contributed by atoms with Gasteiger partial charge in [-0.15, -0.1) is 0 Å². The minimum Gasteiger partial charge on any atom is -0.507 e. The highest BCUT2D eigenvalue weighted by Gasteiger charge is 2.15. The Labute approximate surface area is 156 Å². The van der Waals surface area contributed by atoms with Crippen molar-refractivity contribution < 1.29 is 24.5 Å². The molecular formula is C22H18O5. The van der Waals surface area contributed by atoms with E-state index < -0.39 is 5.97 Å². The number of rotatable bonds is 6. The number of phenols is 1. The van der Waals surface area contributed by atoms with Crippen LogP contribution in [0.2, 0.25) is 0 Å². The molecule has 0 heterocycles. The molecule has 5 nitrogen and oxygen atoms in total. The van der Waals surface area contributed by atoms with E-state index in [2.05, 4.69) is 0 Å². The van der Waals surface area contributed by atoms with E-state index in [0.717, 1.165) is 0 Å². The monoisotopic (exact) mass is 362 g/mol. The second-order valence-electron chi connectivity index (χ2n) is 6.13. The minimum absolute atomic E-state index is 0.0137. The third kappa shape index (κ3) is 4.15. The molecule has 5 heteroatoms. The van der Waals surface area contributed by atoms with Gasteiger partial charge in [-0.25, -0.2) is 4.79 Å². The third-order valence-electron chi connectivity index (χ3n) is 4.11. The number of carboxylic acids is 1. The molecule has 3 aromatic carbocycles. The summed E-state index contributed by atoms with van der Waals surface area (Å²) in [5, 5.41) is 19.2. The van der Waals surface area contributed by atoms with Gasteiger partial charge in [0.25, 0.3) is 0 Å². The van der Waals surface area contributed by atoms with Gasteiger partial charge in [-0.1, -0.05) is 30.3 Å². The predicted molar refractivity (Wildman–Crippen MR) is 100 cm³/mol. The topological polar surface area (TPSA) is 83.8 Å². The zero-order chi connectivity index (χ0) is 19.4. The number of hydrogen-bond donors (Lipinski definition) is 2. The fourth-order valence-corrected chi connectivity index (χ4v) is 2.75. The van der Waals surface area contributed by atoms with Gasteiger partial charge in [-0.2, -0.15) is 0 Å². The molecule has 0 fully saturated rings. The number of carbonyl (C=O) groups excluding carboxylic acids is 1. The number of hydrogen-bond acceptors (Lipinski definition) is 4. The largest absolute Gasteiger partial charge is 0.507 e. The molecule has 136 valence electrons. The molecule has 0 radical (unpaired) electrons. The number of aryl methyl sites for hydroxylation is 1. The minimum atomic E-state index is -1.19. The maximum atomic E-state index is 12.4. The number of benzene rings is 3. The van der Waals surface area contributed by atoms with E-state index in [1.807, 2.05) is 18.2 Å². The van der Waals surface area contributed by atoms with Crippen molar-refractivity contribution in [2.45, 2.75) is 13.5 Å². The van der Waals surface area contributed by atoms with Gasteiger partial charge < -0.3 is 14.9 Å². The lowest BCUT2D eigenvalue weighted by molar-refractivity contribution is 0.0693. The number of ketones is 1. The third-order valence-corrected chi connectivity index (χ3v) is 4.11. The Morgan fingerprint density at radius 1 is 0.926 bits per heavy atom. The standard InChI is InChI=1S/C22H18O5/c1-14-11-17(21(24)19(12-14)22(25)26)13-27-18-9-7-16(8-10-18)20(23)15-5-3-2-4-6-15/h2-12,24H,13H2,1H3,(H,25,26). The second kappa shape index (κ2) is 7.74. The zero-order valence-corrected chi connectivity index (χ0v) is 14.7. The maximum absolute atomic E-state index is 12.4. The van der Waals surface area contributed by atoms with E-state index >= 15 is 0 Å². The first-order chi connectivity index (χ1) is 13.0. The van der Waals surface area contributed by atoms with Crippen molar-refractivity contribution in [1.82, 2.24) is 0 Å². The maximum Gasteiger partial charge on any atom is 0.339 e. The van der Waals surface area contributed by atoms with E-state index in [1.54, 1.807) is 49.4 Å². The van der Waals surface area contributed by atoms with Crippen molar-refractivity contribution in [3.63, 3.8) is 0 Å². The van der Waals surface area contributed by atoms with Crippen molar-refractivity contribution >= 4 is 11.8 Å². The van der Waals surface area contributed by atoms with Crippen molar-refractivity contribution in [2.24, 2.45) is 0 Å². The zero-order valence-electron chi connectivity index (χ0n) is 14.7. The summed E-state index contributed by atoms with van der Waals surface area (Å²) in [7, 11) is 0. The van der Waals surface area contributed by atoms with Crippen LogP contribution in [0.15, 0.2) is 66.7 Å². The molecule has 0 aliphatic rings. The average Bonchev–Trinajstić information content (AvgIpc) is 2.68. The van der Waals surface area contributed by atoms with Gasteiger partial charge in [0.2, 0.25) is 0 Å². The van der Waals surface area contributed by atoms with Gasteiger partial charge in [0.15, 0.2) is 5.78 Å². The van der Waals surface area contributed by atoms with E-state index in [0.29, 0.717) is 28.0 Å². The SMILES string of the molecule is Cc1cc(COc2ccc(C(=O)c3ccccc3)cc2)c(O)c(C(=O)O)c1. The molecule has 0 aromatic heterocycles. The first-order valence-electron chi connectivity index (χ1n) is 8.34. The Bertz CT molecular complexity index is 976. The number of carboxylic acid groups (broad SMARTS) is 1. The molecule has 0 saturated heterocycles. The Kier molecular flexibility index (Phi) is 5.22. The molecule has 27 heavy (non-hydrogen) atoms. The highest BCUT2D eigenvalue weighted by Crippen LogP contribution is 2.26. The van der Waals surface area contributed by atoms with Crippen LogP contribution < -0.4 is 4.74 Å². The summed E-state index contributed by atoms with van der Waals surface area (Å²) in [6, 6.07) is 18.7. The van der Waals surface area contributed by atoms with Gasteiger partial charge in [-0.3, -0.25) is 4.79 Å². The van der Waals surface area contributed by atoms with Gasteiger partial charge >= 0.3 is 5.97 Å². The molecule has 0 aliphatic heterocycles. The molecule has 0 aliphatic carbocycles. The summed E-state index contributed by atoms with van der Waals surface area (Å²) in [5.74, 6) is -1.06. The summed E-state index contributed by atoms with van der Waals surface area (Å²) < 4.78 is 5.64. The first-order valence-corrected chi connectivity index (χ1v) is 8.34. The highest BCUT2D eigenvalue weighted by molar-refractivity contribution is 6.08. The fourth-order valence-electron chi connectivity index (χ4n) is 2.75. The number of carbonyl (C=O) groups is 2. The Morgan fingerprint density at radius 2 is 1.56 bits per heavy atom. The fraction of sp³-hybridized carbons (Fsp3) is 0.0909. The van der Waals surface area contributed by atoms with E-state index in [4.69, 9.17) is 9.84 Å². The normalized spacial score (nSPS) is 10.4. The molecule has 3 rings (SSSR count). The van der Waals surface area contributed by atoms with E-state index in [1.165, 1.54) is 6.07 Å². The lowest BCUT2D eigenvalue weighted by Crippen LogP contribution is -2.04. The molecule has 3 aromatic rings. The van der Waals surface area contributed by atoms with Gasteiger partial charge in [0.1, 0.15) is 23.7 Å². The molecule has 0 saturated carbocycles. The van der Waals surface area contributed by atoms with Crippen LogP contribution in [0.25, 0.3) is 0 Å². The Hall–Kier alpha value is -3.60. The van der Waals surface area contributed by atoms with Gasteiger partial charge in [0, 0.05) is 16.7 Å². The first kappa shape index (κ1) is 18.2. The van der Waals surface area contributed by atoms with Crippen LogP contribution in [-0.4, -0.2) is 22.0 Å². The number of ether oxygens (including phenoxy) is 1. The lowest BCUT2D eigenvalue weighted by Gasteiger charge is -2.11. The molecule has 0 unspecified atom stereocenters. The van der Waals surface area contributed by atoms with Crippen LogP contribution in [0.4, 0.5) is 0 Å². The van der Waals surface area contributed by atoms with Crippen LogP contribution >= 0.6 is 0 Å². The molecule has 0 amide bonds. The number of aromatic hydroxyl groups is 1. The van der Waals surface area contributed by atoms with Crippen LogP contribution in [0, 0.1) is 6.92 Å². The molecular weight excluding hydrogens is 344 g/mol. The van der Waals surface area contributed by atoms with E-state index in [-0.39, 0.29) is 23.7 Å². The Morgan fingerprint density at radius 3 is 2.19 bits per heavy atom. The Balaban J connectivity index is 1.73. The van der Waals surface area contributed by atoms with Gasteiger partial charge in [-0.05, 0) is 48.9 Å². The van der Waals surface area contributed by atoms with Crippen LogP contribution in [0.3, 0.4) is 0 Å². The van der Waals surface area contributed by atoms with Crippen LogP contribution in [-0.2, 0) is 6.61 Å². The highest BCUT2D eigenvalue weighted by atomic mass is 16.5. The van der Waals surface area contributed by atoms with Gasteiger partial charge in [0.05, 0.1) is 0 Å². The quantitative estimate of drug-likeness (QED) is 0.642. The summed E-state index contributed by atoms with van der Waals surface area (Å²) in [4.78, 5) is 23.6. The van der Waals surface area contributed by atoms with Crippen LogP contribution in [0.5, 0.6) is 11.5 Å². The summed E-state index contributed by atoms with van der Waals surface area (Å²) in [5.41, 5.74) is 2.10. The summed E-state index contributed by atoms with van der Waals surface area (Å²) >= 11 is 0. The molecule has 2 N–H and O–H groups in total. The number of aromatic carboxylic acids is 1.